The molecule has 1 N–H and O–H groups in total. The summed E-state index contributed by atoms with van der Waals surface area (Å²) in [5.41, 5.74) is 3.07. The average Bonchev–Trinajstić information content (AvgIpc) is 3.10. The van der Waals surface area contributed by atoms with E-state index in [0.29, 0.717) is 11.4 Å². The van der Waals surface area contributed by atoms with Crippen molar-refractivity contribution in [3.8, 4) is 0 Å². The molecule has 0 bridgehead atoms. The van der Waals surface area contributed by atoms with Crippen LogP contribution in [0.3, 0.4) is 0 Å². The van der Waals surface area contributed by atoms with E-state index in [1.165, 1.54) is 0 Å². The van der Waals surface area contributed by atoms with E-state index in [1.807, 2.05) is 37.5 Å². The van der Waals surface area contributed by atoms with Crippen LogP contribution in [0, 0.1) is 6.92 Å². The Hall–Kier alpha value is -2.30. The molecule has 128 valence electrons. The molecule has 3 rings (SSSR count). The molecule has 5 heteroatoms. The standard InChI is InChI=1S/C19H24N2O3/c1-12(2)24-19(23)14-7-4-5-10-21-16(14)11-13(3)17(21)18(22)15-8-6-9-20-15/h6,8-9,11-12,14,20H,4-5,7,10H2,1-3H3. The molecule has 0 fully saturated rings. The van der Waals surface area contributed by atoms with Gasteiger partial charge in [0, 0.05) is 18.4 Å². The molecule has 0 saturated heterocycles. The Labute approximate surface area is 142 Å². The molecule has 1 aliphatic rings. The molecule has 1 atom stereocenters. The quantitative estimate of drug-likeness (QED) is 0.689. The lowest BCUT2D eigenvalue weighted by Gasteiger charge is -2.17. The summed E-state index contributed by atoms with van der Waals surface area (Å²) in [6.45, 7) is 6.41. The second-order valence-electron chi connectivity index (χ2n) is 6.70. The first-order chi connectivity index (χ1) is 11.5. The summed E-state index contributed by atoms with van der Waals surface area (Å²) in [6.07, 6.45) is 4.29. The molecule has 0 radical (unpaired) electrons. The maximum absolute atomic E-state index is 12.9. The third-order valence-electron chi connectivity index (χ3n) is 4.50. The lowest BCUT2D eigenvalue weighted by Crippen LogP contribution is -2.22. The summed E-state index contributed by atoms with van der Waals surface area (Å²) in [5.74, 6) is -0.509. The van der Waals surface area contributed by atoms with Crippen LogP contribution in [0.5, 0.6) is 0 Å². The molecule has 2 aromatic heterocycles. The number of esters is 1. The zero-order chi connectivity index (χ0) is 17.3. The van der Waals surface area contributed by atoms with Crippen molar-refractivity contribution in [2.75, 3.05) is 0 Å². The van der Waals surface area contributed by atoms with Crippen molar-refractivity contribution in [3.63, 3.8) is 0 Å². The second-order valence-corrected chi connectivity index (χ2v) is 6.70. The normalized spacial score (nSPS) is 17.4. The number of H-pyrrole nitrogens is 1. The third-order valence-corrected chi connectivity index (χ3v) is 4.50. The van der Waals surface area contributed by atoms with Crippen molar-refractivity contribution in [3.05, 3.63) is 47.0 Å². The van der Waals surface area contributed by atoms with Gasteiger partial charge in [0.2, 0.25) is 5.78 Å². The molecule has 0 aromatic carbocycles. The number of aromatic amines is 1. The van der Waals surface area contributed by atoms with Crippen LogP contribution in [0.1, 0.15) is 66.5 Å². The van der Waals surface area contributed by atoms with Crippen LogP contribution in [0.2, 0.25) is 0 Å². The molecule has 0 amide bonds. The van der Waals surface area contributed by atoms with Gasteiger partial charge in [0.1, 0.15) is 0 Å². The summed E-state index contributed by atoms with van der Waals surface area (Å²) in [6, 6.07) is 5.58. The number of ketones is 1. The maximum Gasteiger partial charge on any atom is 0.315 e. The molecule has 0 aliphatic carbocycles. The van der Waals surface area contributed by atoms with E-state index in [-0.39, 0.29) is 23.8 Å². The van der Waals surface area contributed by atoms with Crippen molar-refractivity contribution in [1.29, 1.82) is 0 Å². The molecule has 1 unspecified atom stereocenters. The van der Waals surface area contributed by atoms with Gasteiger partial charge in [0.05, 0.1) is 23.4 Å². The number of aryl methyl sites for hydroxylation is 1. The number of carbonyl (C=O) groups excluding carboxylic acids is 2. The SMILES string of the molecule is Cc1cc2n(c1C(=O)c1ccc[nH]1)CCCCC2C(=O)OC(C)C. The number of nitrogens with zero attached hydrogens (tertiary/aromatic N) is 1. The topological polar surface area (TPSA) is 64.1 Å². The van der Waals surface area contributed by atoms with Crippen molar-refractivity contribution in [1.82, 2.24) is 9.55 Å². The number of nitrogens with one attached hydrogen (secondary N) is 1. The van der Waals surface area contributed by atoms with Gasteiger partial charge in [-0.3, -0.25) is 9.59 Å². The van der Waals surface area contributed by atoms with E-state index in [2.05, 4.69) is 4.98 Å². The zero-order valence-electron chi connectivity index (χ0n) is 14.5. The number of hydrogen-bond acceptors (Lipinski definition) is 3. The number of fused-ring (bicyclic) bond motifs is 1. The molecule has 2 aromatic rings. The Balaban J connectivity index is 2.02. The van der Waals surface area contributed by atoms with Crippen LogP contribution in [0.15, 0.2) is 24.4 Å². The molecular formula is C19H24N2O3. The third kappa shape index (κ3) is 3.03. The van der Waals surface area contributed by atoms with Gasteiger partial charge in [-0.15, -0.1) is 0 Å². The summed E-state index contributed by atoms with van der Waals surface area (Å²) in [5, 5.41) is 0. The van der Waals surface area contributed by atoms with Gasteiger partial charge in [-0.2, -0.15) is 0 Å². The van der Waals surface area contributed by atoms with E-state index in [1.54, 1.807) is 12.3 Å². The summed E-state index contributed by atoms with van der Waals surface area (Å²) < 4.78 is 7.47. The highest BCUT2D eigenvalue weighted by Gasteiger charge is 2.31. The van der Waals surface area contributed by atoms with Crippen molar-refractivity contribution < 1.29 is 14.3 Å². The summed E-state index contributed by atoms with van der Waals surface area (Å²) >= 11 is 0. The second kappa shape index (κ2) is 6.67. The maximum atomic E-state index is 12.9. The first-order valence-corrected chi connectivity index (χ1v) is 8.57. The molecular weight excluding hydrogens is 304 g/mol. The first-order valence-electron chi connectivity index (χ1n) is 8.57. The number of rotatable bonds is 4. The van der Waals surface area contributed by atoms with Crippen molar-refractivity contribution in [2.24, 2.45) is 0 Å². The largest absolute Gasteiger partial charge is 0.462 e. The molecule has 0 saturated carbocycles. The van der Waals surface area contributed by atoms with E-state index in [4.69, 9.17) is 4.74 Å². The molecule has 24 heavy (non-hydrogen) atoms. The van der Waals surface area contributed by atoms with Crippen LogP contribution < -0.4 is 0 Å². The van der Waals surface area contributed by atoms with Gasteiger partial charge in [-0.05, 0) is 57.4 Å². The van der Waals surface area contributed by atoms with Gasteiger partial charge in [0.25, 0.3) is 0 Å². The fourth-order valence-corrected chi connectivity index (χ4v) is 3.46. The number of carbonyl (C=O) groups is 2. The number of hydrogen-bond donors (Lipinski definition) is 1. The summed E-state index contributed by atoms with van der Waals surface area (Å²) in [4.78, 5) is 28.4. The van der Waals surface area contributed by atoms with Crippen LogP contribution >= 0.6 is 0 Å². The molecule has 1 aliphatic heterocycles. The van der Waals surface area contributed by atoms with Crippen LogP contribution in [-0.4, -0.2) is 27.4 Å². The van der Waals surface area contributed by atoms with E-state index >= 15 is 0 Å². The van der Waals surface area contributed by atoms with E-state index in [9.17, 15) is 9.59 Å². The predicted octanol–water partition coefficient (Wildman–Crippen LogP) is 3.57. The average molecular weight is 328 g/mol. The highest BCUT2D eigenvalue weighted by atomic mass is 16.5. The Morgan fingerprint density at radius 2 is 2.12 bits per heavy atom. The van der Waals surface area contributed by atoms with Crippen molar-refractivity contribution in [2.45, 2.75) is 58.6 Å². The Morgan fingerprint density at radius 1 is 1.33 bits per heavy atom. The van der Waals surface area contributed by atoms with Crippen LogP contribution in [0.4, 0.5) is 0 Å². The molecule has 5 nitrogen and oxygen atoms in total. The molecule has 3 heterocycles. The van der Waals surface area contributed by atoms with Gasteiger partial charge in [0.15, 0.2) is 0 Å². The lowest BCUT2D eigenvalue weighted by molar-refractivity contribution is -0.149. The Morgan fingerprint density at radius 3 is 2.79 bits per heavy atom. The monoisotopic (exact) mass is 328 g/mol. The lowest BCUT2D eigenvalue weighted by atomic mass is 9.99. The minimum absolute atomic E-state index is 0.0263. The minimum Gasteiger partial charge on any atom is -0.462 e. The summed E-state index contributed by atoms with van der Waals surface area (Å²) in [7, 11) is 0. The minimum atomic E-state index is -0.293. The molecule has 0 spiro atoms. The highest BCUT2D eigenvalue weighted by Crippen LogP contribution is 2.32. The van der Waals surface area contributed by atoms with Crippen LogP contribution in [-0.2, 0) is 16.1 Å². The number of ether oxygens (including phenoxy) is 1. The predicted molar refractivity (Wildman–Crippen MR) is 91.2 cm³/mol. The fourth-order valence-electron chi connectivity index (χ4n) is 3.46. The number of aromatic nitrogens is 2. The zero-order valence-corrected chi connectivity index (χ0v) is 14.5. The highest BCUT2D eigenvalue weighted by molar-refractivity contribution is 6.08. The first kappa shape index (κ1) is 16.6. The van der Waals surface area contributed by atoms with Gasteiger partial charge in [-0.1, -0.05) is 6.42 Å². The van der Waals surface area contributed by atoms with E-state index < -0.39 is 0 Å². The van der Waals surface area contributed by atoms with Gasteiger partial charge < -0.3 is 14.3 Å². The van der Waals surface area contributed by atoms with Gasteiger partial charge in [-0.25, -0.2) is 0 Å². The smallest absolute Gasteiger partial charge is 0.315 e. The van der Waals surface area contributed by atoms with Crippen molar-refractivity contribution >= 4 is 11.8 Å². The Kier molecular flexibility index (Phi) is 4.60. The Bertz CT molecular complexity index is 741. The fraction of sp³-hybridized carbons (Fsp3) is 0.474. The van der Waals surface area contributed by atoms with E-state index in [0.717, 1.165) is 37.1 Å². The van der Waals surface area contributed by atoms with Crippen LogP contribution in [0.25, 0.3) is 0 Å². The van der Waals surface area contributed by atoms with Gasteiger partial charge >= 0.3 is 5.97 Å².